The first-order chi connectivity index (χ1) is 12.5. The number of hydrogen-bond acceptors (Lipinski definition) is 6. The van der Waals surface area contributed by atoms with Crippen LogP contribution in [0, 0.1) is 5.41 Å². The molecule has 0 saturated carbocycles. The average Bonchev–Trinajstić information content (AvgIpc) is 3.16. The molecule has 2 heterocycles. The van der Waals surface area contributed by atoms with Gasteiger partial charge in [-0.05, 0) is 35.9 Å². The number of nitrogens with one attached hydrogen (secondary N) is 2. The summed E-state index contributed by atoms with van der Waals surface area (Å²) in [6.07, 6.45) is 1.43. The Morgan fingerprint density at radius 1 is 1.12 bits per heavy atom. The van der Waals surface area contributed by atoms with Gasteiger partial charge in [-0.2, -0.15) is 5.10 Å². The van der Waals surface area contributed by atoms with Crippen LogP contribution >= 0.6 is 0 Å². The third-order valence-corrected chi connectivity index (χ3v) is 4.05. The van der Waals surface area contributed by atoms with Crippen LogP contribution in [-0.2, 0) is 0 Å². The average molecular weight is 349 g/mol. The zero-order valence-corrected chi connectivity index (χ0v) is 13.5. The summed E-state index contributed by atoms with van der Waals surface area (Å²) in [6.45, 7) is 0.0474. The van der Waals surface area contributed by atoms with Gasteiger partial charge in [-0.15, -0.1) is 0 Å². The van der Waals surface area contributed by atoms with Crippen molar-refractivity contribution in [3.63, 3.8) is 0 Å². The van der Waals surface area contributed by atoms with Crippen molar-refractivity contribution >= 4 is 28.7 Å². The number of amidine groups is 1. The van der Waals surface area contributed by atoms with Crippen LogP contribution in [-0.4, -0.2) is 48.9 Å². The number of rotatable bonds is 3. The summed E-state index contributed by atoms with van der Waals surface area (Å²) >= 11 is 0. The van der Waals surface area contributed by atoms with Crippen molar-refractivity contribution in [1.82, 2.24) is 15.0 Å². The Balaban J connectivity index is 1.59. The number of para-hydroxylation sites is 2. The molecule has 0 amide bonds. The first kappa shape index (κ1) is 15.7. The lowest BCUT2D eigenvalue weighted by molar-refractivity contribution is 0.358. The molecule has 0 saturated heterocycles. The molecule has 0 radical (unpaired) electrons. The summed E-state index contributed by atoms with van der Waals surface area (Å²) in [5.74, 6) is -0.0498. The number of aromatic amines is 1. The molecule has 0 spiro atoms. The zero-order chi connectivity index (χ0) is 18.3. The molecule has 130 valence electrons. The standard InChI is InChI=1S/C18H15N5O3/c19-17-16(18-21-11-3-1-2-4-12(11)22-18)15(26)9-23(17)20-8-10-5-6-13(24)14(25)7-10/h1-8,19,24-26H,9H2,(H,21,22)/b19-17?,20-8+. The molecular weight excluding hydrogens is 334 g/mol. The fourth-order valence-corrected chi connectivity index (χ4v) is 2.74. The number of aromatic nitrogens is 2. The summed E-state index contributed by atoms with van der Waals surface area (Å²) < 4.78 is 0. The van der Waals surface area contributed by atoms with E-state index in [9.17, 15) is 15.3 Å². The number of phenols is 2. The fourth-order valence-electron chi connectivity index (χ4n) is 2.74. The van der Waals surface area contributed by atoms with E-state index in [1.54, 1.807) is 6.07 Å². The first-order valence-corrected chi connectivity index (χ1v) is 7.82. The van der Waals surface area contributed by atoms with Crippen LogP contribution in [0.15, 0.2) is 53.3 Å². The Morgan fingerprint density at radius 3 is 2.69 bits per heavy atom. The van der Waals surface area contributed by atoms with Gasteiger partial charge in [0, 0.05) is 0 Å². The van der Waals surface area contributed by atoms with Gasteiger partial charge in [0.25, 0.3) is 0 Å². The van der Waals surface area contributed by atoms with E-state index >= 15 is 0 Å². The Bertz CT molecular complexity index is 1050. The number of H-pyrrole nitrogens is 1. The Morgan fingerprint density at radius 2 is 1.92 bits per heavy atom. The summed E-state index contributed by atoms with van der Waals surface area (Å²) in [6, 6.07) is 11.7. The number of aliphatic hydroxyl groups is 1. The van der Waals surface area contributed by atoms with Crippen LogP contribution in [0.3, 0.4) is 0 Å². The number of hydrazone groups is 1. The molecule has 0 aliphatic carbocycles. The van der Waals surface area contributed by atoms with Gasteiger partial charge >= 0.3 is 0 Å². The van der Waals surface area contributed by atoms with E-state index in [0.717, 1.165) is 11.0 Å². The van der Waals surface area contributed by atoms with E-state index in [2.05, 4.69) is 15.1 Å². The van der Waals surface area contributed by atoms with Crippen LogP contribution in [0.2, 0.25) is 0 Å². The zero-order valence-electron chi connectivity index (χ0n) is 13.5. The van der Waals surface area contributed by atoms with Crippen LogP contribution in [0.25, 0.3) is 16.6 Å². The van der Waals surface area contributed by atoms with Gasteiger partial charge in [-0.25, -0.2) is 9.99 Å². The summed E-state index contributed by atoms with van der Waals surface area (Å²) in [5.41, 5.74) is 2.41. The largest absolute Gasteiger partial charge is 0.509 e. The molecule has 8 nitrogen and oxygen atoms in total. The van der Waals surface area contributed by atoms with Crippen LogP contribution < -0.4 is 0 Å². The molecule has 1 aliphatic heterocycles. The van der Waals surface area contributed by atoms with Crippen molar-refractivity contribution in [2.24, 2.45) is 5.10 Å². The van der Waals surface area contributed by atoms with Crippen molar-refractivity contribution in [3.8, 4) is 11.5 Å². The minimum atomic E-state index is -0.255. The molecule has 5 N–H and O–H groups in total. The Kier molecular flexibility index (Phi) is 3.58. The molecule has 8 heteroatoms. The smallest absolute Gasteiger partial charge is 0.158 e. The second-order valence-corrected chi connectivity index (χ2v) is 5.82. The van der Waals surface area contributed by atoms with E-state index in [-0.39, 0.29) is 29.6 Å². The number of aliphatic hydroxyl groups excluding tert-OH is 1. The van der Waals surface area contributed by atoms with Gasteiger partial charge in [-0.1, -0.05) is 12.1 Å². The highest BCUT2D eigenvalue weighted by Crippen LogP contribution is 2.28. The van der Waals surface area contributed by atoms with Crippen LogP contribution in [0.1, 0.15) is 11.4 Å². The van der Waals surface area contributed by atoms with Crippen molar-refractivity contribution in [1.29, 1.82) is 5.41 Å². The second kappa shape index (κ2) is 5.92. The first-order valence-electron chi connectivity index (χ1n) is 7.82. The number of fused-ring (bicyclic) bond motifs is 1. The number of imidazole rings is 1. The van der Waals surface area contributed by atoms with Gasteiger partial charge in [0.2, 0.25) is 0 Å². The molecule has 0 unspecified atom stereocenters. The molecule has 0 fully saturated rings. The SMILES string of the molecule is N=C1C(c2nc3ccccc3[nH]2)=C(O)CN1/N=C/c1ccc(O)c(O)c1. The molecule has 4 rings (SSSR count). The summed E-state index contributed by atoms with van der Waals surface area (Å²) in [4.78, 5) is 7.51. The number of aromatic hydroxyl groups is 2. The quantitative estimate of drug-likeness (QED) is 0.367. The molecule has 2 aromatic carbocycles. The number of benzene rings is 2. The van der Waals surface area contributed by atoms with Gasteiger partial charge in [0.15, 0.2) is 17.3 Å². The molecule has 1 aliphatic rings. The topological polar surface area (TPSA) is 129 Å². The highest BCUT2D eigenvalue weighted by Gasteiger charge is 2.30. The molecule has 26 heavy (non-hydrogen) atoms. The van der Waals surface area contributed by atoms with Crippen molar-refractivity contribution in [3.05, 3.63) is 59.6 Å². The summed E-state index contributed by atoms with van der Waals surface area (Å²) in [7, 11) is 0. The molecule has 3 aromatic rings. The molecular formula is C18H15N5O3. The monoisotopic (exact) mass is 349 g/mol. The van der Waals surface area contributed by atoms with Gasteiger partial charge in [0.05, 0.1) is 17.2 Å². The normalized spacial score (nSPS) is 14.9. The minimum Gasteiger partial charge on any atom is -0.509 e. The maximum atomic E-state index is 10.3. The van der Waals surface area contributed by atoms with Crippen LogP contribution in [0.4, 0.5) is 0 Å². The van der Waals surface area contributed by atoms with Crippen molar-refractivity contribution < 1.29 is 15.3 Å². The highest BCUT2D eigenvalue weighted by atomic mass is 16.3. The van der Waals surface area contributed by atoms with Gasteiger partial charge < -0.3 is 20.3 Å². The van der Waals surface area contributed by atoms with E-state index in [1.807, 2.05) is 24.3 Å². The third-order valence-electron chi connectivity index (χ3n) is 4.05. The van der Waals surface area contributed by atoms with Crippen molar-refractivity contribution in [2.45, 2.75) is 0 Å². The van der Waals surface area contributed by atoms with Crippen LogP contribution in [0.5, 0.6) is 11.5 Å². The lowest BCUT2D eigenvalue weighted by atomic mass is 10.2. The van der Waals surface area contributed by atoms with E-state index < -0.39 is 0 Å². The predicted molar refractivity (Wildman–Crippen MR) is 97.4 cm³/mol. The van der Waals surface area contributed by atoms with E-state index in [0.29, 0.717) is 17.0 Å². The van der Waals surface area contributed by atoms with E-state index in [4.69, 9.17) is 5.41 Å². The maximum absolute atomic E-state index is 10.3. The lowest BCUT2D eigenvalue weighted by Crippen LogP contribution is -2.20. The Labute approximate surface area is 147 Å². The third kappa shape index (κ3) is 2.63. The van der Waals surface area contributed by atoms with Gasteiger partial charge in [-0.3, -0.25) is 5.41 Å². The van der Waals surface area contributed by atoms with E-state index in [1.165, 1.54) is 23.4 Å². The highest BCUT2D eigenvalue weighted by molar-refractivity contribution is 6.23. The number of nitrogens with zero attached hydrogens (tertiary/aromatic N) is 3. The number of phenolic OH excluding ortho intramolecular Hbond substituents is 2. The van der Waals surface area contributed by atoms with Crippen molar-refractivity contribution in [2.75, 3.05) is 6.54 Å². The molecule has 1 aromatic heterocycles. The minimum absolute atomic E-state index is 0.000223. The maximum Gasteiger partial charge on any atom is 0.158 e. The predicted octanol–water partition coefficient (Wildman–Crippen LogP) is 2.57. The fraction of sp³-hybridized carbons (Fsp3) is 0.0556. The second-order valence-electron chi connectivity index (χ2n) is 5.82. The van der Waals surface area contributed by atoms with Gasteiger partial charge in [0.1, 0.15) is 23.7 Å². The molecule has 0 bridgehead atoms. The lowest BCUT2D eigenvalue weighted by Gasteiger charge is -2.11. The Hall–Kier alpha value is -3.81. The molecule has 0 atom stereocenters. The number of hydrogen-bond donors (Lipinski definition) is 5. The summed E-state index contributed by atoms with van der Waals surface area (Å²) in [5, 5.41) is 42.9.